The number of hydrogen-bond donors (Lipinski definition) is 1. The molecule has 0 aromatic carbocycles. The number of aliphatic hydroxyl groups is 1. The van der Waals surface area contributed by atoms with Crippen molar-refractivity contribution >= 4 is 11.3 Å². The highest BCUT2D eigenvalue weighted by molar-refractivity contribution is 7.09. The molecular formula is C9H12N4OS. The molecule has 0 saturated carbocycles. The first-order valence-electron chi connectivity index (χ1n) is 4.60. The number of aryl methyl sites for hydroxylation is 2. The summed E-state index contributed by atoms with van der Waals surface area (Å²) in [5, 5.41) is 20.4. The Balaban J connectivity index is 2.06. The van der Waals surface area contributed by atoms with Crippen LogP contribution in [0, 0.1) is 6.92 Å². The summed E-state index contributed by atoms with van der Waals surface area (Å²) in [4.78, 5) is 4.23. The van der Waals surface area contributed by atoms with Gasteiger partial charge in [-0.2, -0.15) is 0 Å². The Morgan fingerprint density at radius 2 is 2.40 bits per heavy atom. The van der Waals surface area contributed by atoms with E-state index in [9.17, 15) is 5.11 Å². The number of aromatic nitrogens is 4. The molecule has 0 fully saturated rings. The molecule has 2 aromatic rings. The van der Waals surface area contributed by atoms with Crippen molar-refractivity contribution in [3.8, 4) is 0 Å². The summed E-state index contributed by atoms with van der Waals surface area (Å²) in [6.07, 6.45) is 1.66. The maximum atomic E-state index is 9.86. The fourth-order valence-corrected chi connectivity index (χ4v) is 1.98. The van der Waals surface area contributed by atoms with Gasteiger partial charge < -0.3 is 5.11 Å². The Bertz CT molecular complexity index is 450. The Morgan fingerprint density at radius 3 is 2.93 bits per heavy atom. The van der Waals surface area contributed by atoms with Gasteiger partial charge in [0.15, 0.2) is 0 Å². The van der Waals surface area contributed by atoms with E-state index in [1.807, 2.05) is 12.3 Å². The van der Waals surface area contributed by atoms with Crippen LogP contribution in [0.15, 0.2) is 11.6 Å². The molecule has 0 bridgehead atoms. The summed E-state index contributed by atoms with van der Waals surface area (Å²) < 4.78 is 1.62. The number of hydrogen-bond acceptors (Lipinski definition) is 5. The molecule has 0 aliphatic rings. The quantitative estimate of drug-likeness (QED) is 0.839. The zero-order chi connectivity index (χ0) is 10.8. The Hall–Kier alpha value is -1.27. The number of rotatable bonds is 3. The monoisotopic (exact) mass is 224 g/mol. The van der Waals surface area contributed by atoms with Crippen LogP contribution in [0.3, 0.4) is 0 Å². The molecule has 5 nitrogen and oxygen atoms in total. The molecule has 1 unspecified atom stereocenters. The number of nitrogens with zero attached hydrogens (tertiary/aromatic N) is 4. The van der Waals surface area contributed by atoms with Gasteiger partial charge in [-0.25, -0.2) is 4.98 Å². The van der Waals surface area contributed by atoms with Crippen LogP contribution in [0.4, 0.5) is 0 Å². The van der Waals surface area contributed by atoms with E-state index in [0.29, 0.717) is 12.1 Å². The van der Waals surface area contributed by atoms with Crippen LogP contribution in [-0.4, -0.2) is 25.1 Å². The van der Waals surface area contributed by atoms with Crippen molar-refractivity contribution in [1.29, 1.82) is 0 Å². The van der Waals surface area contributed by atoms with Gasteiger partial charge in [-0.3, -0.25) is 4.68 Å². The van der Waals surface area contributed by atoms with Gasteiger partial charge in [0.25, 0.3) is 0 Å². The lowest BCUT2D eigenvalue weighted by atomic mass is 10.2. The third-order valence-electron chi connectivity index (χ3n) is 2.03. The fraction of sp³-hybridized carbons (Fsp3) is 0.444. The summed E-state index contributed by atoms with van der Waals surface area (Å²) in [5.41, 5.74) is 1.49. The lowest BCUT2D eigenvalue weighted by Gasteiger charge is -2.03. The second-order valence-corrected chi connectivity index (χ2v) is 4.46. The minimum absolute atomic E-state index is 0.455. The average molecular weight is 224 g/mol. The Labute approximate surface area is 91.4 Å². The molecule has 0 aliphatic carbocycles. The number of thiazole rings is 1. The van der Waals surface area contributed by atoms with Gasteiger partial charge in [-0.05, 0) is 6.92 Å². The van der Waals surface area contributed by atoms with E-state index in [-0.39, 0.29) is 0 Å². The zero-order valence-corrected chi connectivity index (χ0v) is 9.40. The van der Waals surface area contributed by atoms with Gasteiger partial charge in [0.2, 0.25) is 0 Å². The molecule has 2 heterocycles. The predicted octanol–water partition coefficient (Wildman–Crippen LogP) is 0.856. The second kappa shape index (κ2) is 4.08. The van der Waals surface area contributed by atoms with Crippen molar-refractivity contribution in [2.24, 2.45) is 7.05 Å². The van der Waals surface area contributed by atoms with Crippen LogP contribution < -0.4 is 0 Å². The topological polar surface area (TPSA) is 63.8 Å². The highest BCUT2D eigenvalue weighted by Crippen LogP contribution is 2.18. The summed E-state index contributed by atoms with van der Waals surface area (Å²) in [6, 6.07) is 0. The molecule has 2 rings (SSSR count). The van der Waals surface area contributed by atoms with Crippen molar-refractivity contribution in [3.63, 3.8) is 0 Å². The van der Waals surface area contributed by atoms with Gasteiger partial charge in [0.1, 0.15) is 6.10 Å². The molecule has 80 valence electrons. The van der Waals surface area contributed by atoms with Gasteiger partial charge in [-0.1, -0.05) is 5.21 Å². The van der Waals surface area contributed by atoms with Crippen LogP contribution >= 0.6 is 11.3 Å². The Kier molecular flexibility index (Phi) is 2.79. The molecule has 0 saturated heterocycles. The fourth-order valence-electron chi connectivity index (χ4n) is 1.32. The maximum Gasteiger partial charge on any atom is 0.102 e. The molecule has 15 heavy (non-hydrogen) atoms. The first kappa shape index (κ1) is 10.3. The standard InChI is InChI=1S/C9H12N4OS/c1-6-10-8(5-15-6)9(14)3-7-4-13(2)12-11-7/h4-5,9,14H,3H2,1-2H3. The van der Waals surface area contributed by atoms with E-state index in [4.69, 9.17) is 0 Å². The minimum Gasteiger partial charge on any atom is -0.386 e. The summed E-state index contributed by atoms with van der Waals surface area (Å²) in [5.74, 6) is 0. The van der Waals surface area contributed by atoms with Crippen LogP contribution in [-0.2, 0) is 13.5 Å². The van der Waals surface area contributed by atoms with Crippen LogP contribution in [0.1, 0.15) is 22.5 Å². The van der Waals surface area contributed by atoms with Crippen LogP contribution in [0.25, 0.3) is 0 Å². The van der Waals surface area contributed by atoms with Crippen LogP contribution in [0.5, 0.6) is 0 Å². The lowest BCUT2D eigenvalue weighted by molar-refractivity contribution is 0.173. The molecule has 0 radical (unpaired) electrons. The van der Waals surface area contributed by atoms with E-state index in [0.717, 1.165) is 10.7 Å². The SMILES string of the molecule is Cc1nc(C(O)Cc2cn(C)nn2)cs1. The highest BCUT2D eigenvalue weighted by atomic mass is 32.1. The number of aliphatic hydroxyl groups excluding tert-OH is 1. The highest BCUT2D eigenvalue weighted by Gasteiger charge is 2.13. The van der Waals surface area contributed by atoms with Gasteiger partial charge in [-0.15, -0.1) is 16.4 Å². The molecule has 2 aromatic heterocycles. The third kappa shape index (κ3) is 2.40. The summed E-state index contributed by atoms with van der Waals surface area (Å²) in [6.45, 7) is 1.92. The zero-order valence-electron chi connectivity index (χ0n) is 8.58. The summed E-state index contributed by atoms with van der Waals surface area (Å²) in [7, 11) is 1.80. The first-order chi connectivity index (χ1) is 7.15. The average Bonchev–Trinajstić information content (AvgIpc) is 2.75. The second-order valence-electron chi connectivity index (χ2n) is 3.39. The van der Waals surface area contributed by atoms with E-state index >= 15 is 0 Å². The van der Waals surface area contributed by atoms with Crippen molar-refractivity contribution < 1.29 is 5.11 Å². The van der Waals surface area contributed by atoms with Crippen LogP contribution in [0.2, 0.25) is 0 Å². The van der Waals surface area contributed by atoms with E-state index in [1.165, 1.54) is 11.3 Å². The maximum absolute atomic E-state index is 9.86. The van der Waals surface area contributed by atoms with Gasteiger partial charge in [0, 0.05) is 25.0 Å². The van der Waals surface area contributed by atoms with E-state index < -0.39 is 6.10 Å². The van der Waals surface area contributed by atoms with Crippen molar-refractivity contribution in [3.05, 3.63) is 28.0 Å². The minimum atomic E-state index is -0.591. The van der Waals surface area contributed by atoms with E-state index in [2.05, 4.69) is 15.3 Å². The molecule has 0 spiro atoms. The molecule has 1 N–H and O–H groups in total. The van der Waals surface area contributed by atoms with Gasteiger partial charge in [0.05, 0.1) is 16.4 Å². The molecule has 0 amide bonds. The molecule has 1 atom stereocenters. The molecule has 0 aliphatic heterocycles. The largest absolute Gasteiger partial charge is 0.386 e. The Morgan fingerprint density at radius 1 is 1.60 bits per heavy atom. The van der Waals surface area contributed by atoms with Crippen molar-refractivity contribution in [2.45, 2.75) is 19.4 Å². The molecular weight excluding hydrogens is 212 g/mol. The van der Waals surface area contributed by atoms with E-state index in [1.54, 1.807) is 17.9 Å². The summed E-state index contributed by atoms with van der Waals surface area (Å²) >= 11 is 1.54. The van der Waals surface area contributed by atoms with Crippen molar-refractivity contribution in [1.82, 2.24) is 20.0 Å². The van der Waals surface area contributed by atoms with Gasteiger partial charge >= 0.3 is 0 Å². The first-order valence-corrected chi connectivity index (χ1v) is 5.48. The lowest BCUT2D eigenvalue weighted by Crippen LogP contribution is -2.02. The molecule has 6 heteroatoms. The normalized spacial score (nSPS) is 13.0. The van der Waals surface area contributed by atoms with Crippen molar-refractivity contribution in [2.75, 3.05) is 0 Å². The predicted molar refractivity (Wildman–Crippen MR) is 56.5 cm³/mol. The third-order valence-corrected chi connectivity index (χ3v) is 2.82. The smallest absolute Gasteiger partial charge is 0.102 e.